The molecule has 0 fully saturated rings. The highest BCUT2D eigenvalue weighted by molar-refractivity contribution is 8.11. The van der Waals surface area contributed by atoms with Gasteiger partial charge in [-0.1, -0.05) is 26.7 Å². The van der Waals surface area contributed by atoms with Gasteiger partial charge in [-0.05, 0) is 12.8 Å². The van der Waals surface area contributed by atoms with Gasteiger partial charge >= 0.3 is 0 Å². The maximum Gasteiger partial charge on any atom is 0.200 e. The standard InChI is InChI=1S/C8H18ClNOS/c1-3-5-7-10(12(9)11)8-6-4-2/h3-8H2,1-2H3. The Morgan fingerprint density at radius 3 is 1.83 bits per heavy atom. The lowest BCUT2D eigenvalue weighted by atomic mass is 10.3. The van der Waals surface area contributed by atoms with Crippen molar-refractivity contribution in [1.29, 1.82) is 0 Å². The summed E-state index contributed by atoms with van der Waals surface area (Å²) in [6.07, 6.45) is 4.39. The van der Waals surface area contributed by atoms with Crippen molar-refractivity contribution in [2.24, 2.45) is 0 Å². The second-order valence-corrected chi connectivity index (χ2v) is 4.56. The molecule has 1 unspecified atom stereocenters. The molecule has 0 aromatic carbocycles. The van der Waals surface area contributed by atoms with Crippen LogP contribution in [0.15, 0.2) is 0 Å². The van der Waals surface area contributed by atoms with Crippen LogP contribution in [0.3, 0.4) is 0 Å². The Kier molecular flexibility index (Phi) is 8.55. The molecule has 0 saturated carbocycles. The van der Waals surface area contributed by atoms with Crippen molar-refractivity contribution >= 4 is 21.3 Å². The molecular weight excluding hydrogens is 194 g/mol. The SMILES string of the molecule is CCCCN(CCCC)[S+]([O-])Cl. The van der Waals surface area contributed by atoms with E-state index >= 15 is 0 Å². The van der Waals surface area contributed by atoms with E-state index in [1.807, 2.05) is 4.31 Å². The number of hydrogen-bond donors (Lipinski definition) is 0. The molecule has 0 aliphatic heterocycles. The van der Waals surface area contributed by atoms with Gasteiger partial charge in [0.25, 0.3) is 0 Å². The lowest BCUT2D eigenvalue weighted by Crippen LogP contribution is -2.29. The monoisotopic (exact) mass is 211 g/mol. The first-order valence-corrected chi connectivity index (χ1v) is 6.48. The smallest absolute Gasteiger partial charge is 0.200 e. The molecule has 0 aliphatic rings. The minimum Gasteiger partial charge on any atom is -0.580 e. The minimum absolute atomic E-state index is 0.854. The molecule has 0 aromatic rings. The van der Waals surface area contributed by atoms with Crippen LogP contribution in [-0.2, 0) is 10.6 Å². The summed E-state index contributed by atoms with van der Waals surface area (Å²) in [5.74, 6) is 0. The molecule has 1 atom stereocenters. The van der Waals surface area contributed by atoms with Gasteiger partial charge in [-0.2, -0.15) is 0 Å². The van der Waals surface area contributed by atoms with Crippen molar-refractivity contribution in [3.8, 4) is 0 Å². The highest BCUT2D eigenvalue weighted by atomic mass is 35.7. The van der Waals surface area contributed by atoms with Crippen molar-refractivity contribution < 1.29 is 4.55 Å². The molecule has 12 heavy (non-hydrogen) atoms. The van der Waals surface area contributed by atoms with Gasteiger partial charge in [0, 0.05) is 13.1 Å². The van der Waals surface area contributed by atoms with E-state index in [9.17, 15) is 4.55 Å². The third-order valence-electron chi connectivity index (χ3n) is 1.73. The quantitative estimate of drug-likeness (QED) is 0.606. The fraction of sp³-hybridized carbons (Fsp3) is 1.00. The predicted molar refractivity (Wildman–Crippen MR) is 55.4 cm³/mol. The molecule has 0 amide bonds. The normalized spacial score (nSPS) is 13.8. The van der Waals surface area contributed by atoms with Crippen molar-refractivity contribution in [2.75, 3.05) is 13.1 Å². The highest BCUT2D eigenvalue weighted by Gasteiger charge is 2.15. The van der Waals surface area contributed by atoms with Crippen LogP contribution < -0.4 is 0 Å². The molecule has 0 bridgehead atoms. The van der Waals surface area contributed by atoms with E-state index < -0.39 is 10.6 Å². The lowest BCUT2D eigenvalue weighted by Gasteiger charge is -2.17. The summed E-state index contributed by atoms with van der Waals surface area (Å²) in [4.78, 5) is 0. The summed E-state index contributed by atoms with van der Waals surface area (Å²) >= 11 is 0. The van der Waals surface area contributed by atoms with Gasteiger partial charge in [-0.25, -0.2) is 0 Å². The van der Waals surface area contributed by atoms with Crippen LogP contribution in [0.4, 0.5) is 0 Å². The summed E-state index contributed by atoms with van der Waals surface area (Å²) in [6.45, 7) is 5.95. The zero-order valence-electron chi connectivity index (χ0n) is 7.88. The number of halogens is 1. The van der Waals surface area contributed by atoms with E-state index in [1.165, 1.54) is 0 Å². The van der Waals surface area contributed by atoms with Crippen molar-refractivity contribution in [3.63, 3.8) is 0 Å². The second kappa shape index (κ2) is 8.17. The Balaban J connectivity index is 3.55. The maximum absolute atomic E-state index is 11.0. The van der Waals surface area contributed by atoms with E-state index in [0.29, 0.717) is 0 Å². The number of rotatable bonds is 7. The fourth-order valence-corrected chi connectivity index (χ4v) is 1.88. The van der Waals surface area contributed by atoms with E-state index in [1.54, 1.807) is 0 Å². The molecule has 0 heterocycles. The zero-order valence-corrected chi connectivity index (χ0v) is 9.46. The summed E-state index contributed by atoms with van der Waals surface area (Å²) in [7, 11) is 4.21. The molecule has 2 nitrogen and oxygen atoms in total. The van der Waals surface area contributed by atoms with Gasteiger partial charge < -0.3 is 4.55 Å². The Bertz CT molecular complexity index is 95.1. The Labute approximate surface area is 83.1 Å². The van der Waals surface area contributed by atoms with Crippen molar-refractivity contribution in [2.45, 2.75) is 39.5 Å². The fourth-order valence-electron chi connectivity index (χ4n) is 0.924. The molecule has 0 saturated heterocycles. The van der Waals surface area contributed by atoms with Crippen LogP contribution in [0, 0.1) is 0 Å². The van der Waals surface area contributed by atoms with E-state index in [0.717, 1.165) is 38.8 Å². The summed E-state index contributed by atoms with van der Waals surface area (Å²) in [6, 6.07) is 0. The van der Waals surface area contributed by atoms with Crippen LogP contribution in [0.2, 0.25) is 0 Å². The second-order valence-electron chi connectivity index (χ2n) is 2.84. The van der Waals surface area contributed by atoms with Gasteiger partial charge in [0.2, 0.25) is 0 Å². The van der Waals surface area contributed by atoms with Crippen LogP contribution in [0.1, 0.15) is 39.5 Å². The zero-order chi connectivity index (χ0) is 9.40. The third-order valence-corrected chi connectivity index (χ3v) is 3.08. The number of hydrogen-bond acceptors (Lipinski definition) is 2. The lowest BCUT2D eigenvalue weighted by molar-refractivity contribution is 0.404. The topological polar surface area (TPSA) is 26.3 Å². The van der Waals surface area contributed by atoms with Crippen LogP contribution >= 0.6 is 10.7 Å². The highest BCUT2D eigenvalue weighted by Crippen LogP contribution is 2.09. The first kappa shape index (κ1) is 12.6. The van der Waals surface area contributed by atoms with Crippen molar-refractivity contribution in [1.82, 2.24) is 4.31 Å². The third kappa shape index (κ3) is 6.12. The predicted octanol–water partition coefficient (Wildman–Crippen LogP) is 2.71. The molecule has 0 N–H and O–H groups in total. The first-order valence-electron chi connectivity index (χ1n) is 4.55. The summed E-state index contributed by atoms with van der Waals surface area (Å²) < 4.78 is 12.8. The Morgan fingerprint density at radius 1 is 1.17 bits per heavy atom. The molecule has 0 aliphatic carbocycles. The average Bonchev–Trinajstić information content (AvgIpc) is 2.04. The van der Waals surface area contributed by atoms with Crippen LogP contribution in [0.25, 0.3) is 0 Å². The molecule has 0 rings (SSSR count). The summed E-state index contributed by atoms with van der Waals surface area (Å²) in [5, 5.41) is 0. The number of nitrogens with zero attached hydrogens (tertiary/aromatic N) is 1. The average molecular weight is 212 g/mol. The molecule has 4 heteroatoms. The molecule has 0 radical (unpaired) electrons. The molecule has 74 valence electrons. The van der Waals surface area contributed by atoms with Crippen LogP contribution in [-0.4, -0.2) is 21.9 Å². The van der Waals surface area contributed by atoms with Crippen LogP contribution in [0.5, 0.6) is 0 Å². The van der Waals surface area contributed by atoms with Gasteiger partial charge in [0.1, 0.15) is 0 Å². The maximum atomic E-state index is 11.0. The Morgan fingerprint density at radius 2 is 1.58 bits per heavy atom. The van der Waals surface area contributed by atoms with E-state index in [4.69, 9.17) is 10.7 Å². The Hall–Kier alpha value is 0.560. The largest absolute Gasteiger partial charge is 0.580 e. The van der Waals surface area contributed by atoms with Gasteiger partial charge in [-0.15, -0.1) is 4.31 Å². The molecule has 0 spiro atoms. The first-order chi connectivity index (χ1) is 5.72. The van der Waals surface area contributed by atoms with Crippen molar-refractivity contribution in [3.05, 3.63) is 0 Å². The van der Waals surface area contributed by atoms with E-state index in [2.05, 4.69) is 13.8 Å². The molecular formula is C8H18ClNOS. The van der Waals surface area contributed by atoms with Gasteiger partial charge in [0.05, 0.1) is 0 Å². The number of unbranched alkanes of at least 4 members (excludes halogenated alkanes) is 2. The minimum atomic E-state index is -1.30. The summed E-state index contributed by atoms with van der Waals surface area (Å²) in [5.41, 5.74) is 0. The van der Waals surface area contributed by atoms with Gasteiger partial charge in [0.15, 0.2) is 21.3 Å². The molecule has 0 aromatic heterocycles. The van der Waals surface area contributed by atoms with Gasteiger partial charge in [-0.3, -0.25) is 0 Å². The van der Waals surface area contributed by atoms with E-state index in [-0.39, 0.29) is 0 Å².